The van der Waals surface area contributed by atoms with E-state index in [-0.39, 0.29) is 40.5 Å². The summed E-state index contributed by atoms with van der Waals surface area (Å²) < 4.78 is 31.7. The van der Waals surface area contributed by atoms with E-state index in [2.05, 4.69) is 29.9 Å². The topological polar surface area (TPSA) is 305 Å². The number of hydrogen-bond acceptors (Lipinski definition) is 15. The molecule has 20 nitrogen and oxygen atoms in total. The molecule has 10 N–H and O–H groups in total. The molecule has 0 spiro atoms. The predicted octanol–water partition coefficient (Wildman–Crippen LogP) is -2.74. The number of aliphatic hydroxyl groups excluding tert-OH is 3. The maximum Gasteiger partial charge on any atom is 0.469 e. The highest BCUT2D eigenvalue weighted by Crippen LogP contribution is 2.50. The van der Waals surface area contributed by atoms with Crippen LogP contribution in [0.15, 0.2) is 23.8 Å². The average molecular weight is 596 g/mol. The fraction of sp³-hybridized carbons (Fsp3) is 0.500. The number of phosphoric acid groups is 1. The van der Waals surface area contributed by atoms with Crippen LogP contribution in [0.3, 0.4) is 0 Å². The Morgan fingerprint density at radius 1 is 1.10 bits per heavy atom. The van der Waals surface area contributed by atoms with Gasteiger partial charge in [0, 0.05) is 12.8 Å². The first-order valence-electron chi connectivity index (χ1n) is 12.1. The number of nitrogen functional groups attached to an aromatic ring is 2. The zero-order chi connectivity index (χ0) is 29.3. The number of nitrogens with one attached hydrogen (secondary N) is 1. The third-order valence-corrected chi connectivity index (χ3v) is 7.74. The SMILES string of the molecule is Nc1nc2c(ncn2[C@@H]2O[C@H](C[C@]3(CO)O[C@@H](n4cnc5c(N)ncnc54)CC3OP(=O)(O)O)[C@@H](O)[C@H]2O)c(=O)[nH]1. The standard InChI is InChI=1S/C20H25N10O10P/c21-14-10-15(24-4-23-14)29(5-25-10)9-1-8(40-41(35,36)37)20(3-31,39-9)2-7-12(32)13(33)18(38-7)30-6-26-11-16(30)27-19(22)28-17(11)34/h4-9,12-13,18,31-33H,1-3H2,(H2,21,23,24)(H2,35,36,37)(H3,22,27,28,34)/t7-,8?,9-,12-,13-,18-,20-/m1/s1. The number of imidazole rings is 2. The number of phosphoric ester groups is 1. The number of anilines is 2. The molecular formula is C20H25N10O10P. The molecule has 2 saturated heterocycles. The molecule has 2 aliphatic rings. The summed E-state index contributed by atoms with van der Waals surface area (Å²) in [5.74, 6) is -0.120. The van der Waals surface area contributed by atoms with Gasteiger partial charge >= 0.3 is 7.82 Å². The van der Waals surface area contributed by atoms with Gasteiger partial charge in [-0.2, -0.15) is 4.98 Å². The van der Waals surface area contributed by atoms with E-state index in [1.807, 2.05) is 0 Å². The smallest absolute Gasteiger partial charge is 0.393 e. The minimum Gasteiger partial charge on any atom is -0.393 e. The van der Waals surface area contributed by atoms with Crippen molar-refractivity contribution in [1.29, 1.82) is 0 Å². The molecule has 0 aliphatic carbocycles. The van der Waals surface area contributed by atoms with Gasteiger partial charge in [-0.25, -0.2) is 24.5 Å². The molecule has 21 heteroatoms. The van der Waals surface area contributed by atoms with Gasteiger partial charge < -0.3 is 46.0 Å². The minimum atomic E-state index is -5.11. The van der Waals surface area contributed by atoms with Crippen LogP contribution in [0.2, 0.25) is 0 Å². The van der Waals surface area contributed by atoms with E-state index in [1.165, 1.54) is 28.1 Å². The molecule has 0 radical (unpaired) electrons. The number of aromatic amines is 1. The molecule has 6 rings (SSSR count). The number of rotatable bonds is 7. The van der Waals surface area contributed by atoms with Gasteiger partial charge in [-0.3, -0.25) is 23.4 Å². The highest BCUT2D eigenvalue weighted by atomic mass is 31.2. The van der Waals surface area contributed by atoms with Crippen molar-refractivity contribution >= 4 is 41.9 Å². The van der Waals surface area contributed by atoms with Crippen LogP contribution in [0.1, 0.15) is 25.3 Å². The quantitative estimate of drug-likeness (QED) is 0.100. The molecule has 4 aromatic heterocycles. The Hall–Kier alpha value is -3.59. The second kappa shape index (κ2) is 9.76. The summed E-state index contributed by atoms with van der Waals surface area (Å²) >= 11 is 0. The second-order valence-electron chi connectivity index (χ2n) is 9.72. The number of aromatic nitrogens is 8. The Morgan fingerprint density at radius 2 is 1.83 bits per heavy atom. The molecule has 2 aliphatic heterocycles. The zero-order valence-electron chi connectivity index (χ0n) is 20.8. The Kier molecular flexibility index (Phi) is 6.56. The van der Waals surface area contributed by atoms with Crippen LogP contribution in [0.25, 0.3) is 22.3 Å². The molecule has 2 fully saturated rings. The van der Waals surface area contributed by atoms with E-state index in [0.29, 0.717) is 0 Å². The first kappa shape index (κ1) is 27.6. The van der Waals surface area contributed by atoms with Gasteiger partial charge in [0.2, 0.25) is 5.95 Å². The van der Waals surface area contributed by atoms with Crippen molar-refractivity contribution < 1.29 is 43.7 Å². The van der Waals surface area contributed by atoms with Gasteiger partial charge in [0.15, 0.2) is 28.9 Å². The molecule has 0 bridgehead atoms. The molecule has 0 saturated carbocycles. The summed E-state index contributed by atoms with van der Waals surface area (Å²) in [6, 6.07) is 0. The van der Waals surface area contributed by atoms with Gasteiger partial charge in [-0.15, -0.1) is 0 Å². The summed E-state index contributed by atoms with van der Waals surface area (Å²) in [5, 5.41) is 32.3. The van der Waals surface area contributed by atoms with Gasteiger partial charge in [0.1, 0.15) is 42.0 Å². The van der Waals surface area contributed by atoms with Crippen LogP contribution in [-0.2, 0) is 18.6 Å². The highest BCUT2D eigenvalue weighted by molar-refractivity contribution is 7.46. The maximum atomic E-state index is 12.2. The molecule has 220 valence electrons. The Morgan fingerprint density at radius 3 is 2.56 bits per heavy atom. The maximum absolute atomic E-state index is 12.2. The lowest BCUT2D eigenvalue weighted by Gasteiger charge is -2.35. The lowest BCUT2D eigenvalue weighted by Crippen LogP contribution is -2.49. The van der Waals surface area contributed by atoms with Crippen molar-refractivity contribution in [2.45, 2.75) is 55.3 Å². The number of H-pyrrole nitrogens is 1. The second-order valence-corrected chi connectivity index (χ2v) is 10.9. The summed E-state index contributed by atoms with van der Waals surface area (Å²) in [4.78, 5) is 53.9. The van der Waals surface area contributed by atoms with Crippen LogP contribution in [0.4, 0.5) is 11.8 Å². The van der Waals surface area contributed by atoms with E-state index in [0.717, 1.165) is 0 Å². The molecule has 4 aromatic rings. The monoisotopic (exact) mass is 596 g/mol. The average Bonchev–Trinajstić information content (AvgIpc) is 3.66. The molecule has 0 amide bonds. The van der Waals surface area contributed by atoms with Crippen LogP contribution in [0.5, 0.6) is 0 Å². The lowest BCUT2D eigenvalue weighted by atomic mass is 9.89. The summed E-state index contributed by atoms with van der Waals surface area (Å²) in [6.45, 7) is -0.827. The van der Waals surface area contributed by atoms with Crippen LogP contribution in [-0.4, -0.2) is 101 Å². The Balaban J connectivity index is 1.33. The molecule has 0 aromatic carbocycles. The number of nitrogens with two attached hydrogens (primary N) is 2. The van der Waals surface area contributed by atoms with Crippen molar-refractivity contribution in [3.8, 4) is 0 Å². The third-order valence-electron chi connectivity index (χ3n) is 7.21. The van der Waals surface area contributed by atoms with Gasteiger partial charge in [-0.1, -0.05) is 0 Å². The van der Waals surface area contributed by atoms with Crippen molar-refractivity contribution in [3.05, 3.63) is 29.3 Å². The fourth-order valence-electron chi connectivity index (χ4n) is 5.33. The van der Waals surface area contributed by atoms with Gasteiger partial charge in [0.05, 0.1) is 25.4 Å². The highest BCUT2D eigenvalue weighted by Gasteiger charge is 2.56. The van der Waals surface area contributed by atoms with E-state index in [9.17, 15) is 34.5 Å². The van der Waals surface area contributed by atoms with Crippen molar-refractivity contribution in [2.24, 2.45) is 0 Å². The van der Waals surface area contributed by atoms with Crippen molar-refractivity contribution in [3.63, 3.8) is 0 Å². The summed E-state index contributed by atoms with van der Waals surface area (Å²) in [5.41, 5.74) is 9.43. The molecule has 1 unspecified atom stereocenters. The van der Waals surface area contributed by atoms with E-state index < -0.39 is 68.9 Å². The molecule has 7 atom stereocenters. The fourth-order valence-corrected chi connectivity index (χ4v) is 5.94. The number of aliphatic hydroxyl groups is 3. The minimum absolute atomic E-state index is 0.0202. The van der Waals surface area contributed by atoms with E-state index >= 15 is 0 Å². The number of nitrogens with zero attached hydrogens (tertiary/aromatic N) is 7. The van der Waals surface area contributed by atoms with E-state index in [1.54, 1.807) is 0 Å². The summed E-state index contributed by atoms with van der Waals surface area (Å²) in [6.07, 6.45) is -5.02. The van der Waals surface area contributed by atoms with Crippen molar-refractivity contribution in [1.82, 2.24) is 39.0 Å². The Labute approximate surface area is 227 Å². The van der Waals surface area contributed by atoms with Crippen LogP contribution < -0.4 is 17.0 Å². The number of hydrogen-bond donors (Lipinski definition) is 8. The molecule has 41 heavy (non-hydrogen) atoms. The molecular weight excluding hydrogens is 571 g/mol. The van der Waals surface area contributed by atoms with Gasteiger partial charge in [0.25, 0.3) is 5.56 Å². The summed E-state index contributed by atoms with van der Waals surface area (Å²) in [7, 11) is -5.11. The Bertz CT molecular complexity index is 1720. The normalized spacial score (nSPS) is 30.6. The van der Waals surface area contributed by atoms with Crippen LogP contribution in [0, 0.1) is 0 Å². The number of fused-ring (bicyclic) bond motifs is 2. The first-order valence-corrected chi connectivity index (χ1v) is 13.6. The van der Waals surface area contributed by atoms with Gasteiger partial charge in [-0.05, 0) is 0 Å². The number of ether oxygens (including phenoxy) is 2. The van der Waals surface area contributed by atoms with E-state index in [4.69, 9.17) is 25.5 Å². The lowest BCUT2D eigenvalue weighted by molar-refractivity contribution is -0.156. The van der Waals surface area contributed by atoms with Crippen LogP contribution >= 0.6 is 7.82 Å². The predicted molar refractivity (Wildman–Crippen MR) is 134 cm³/mol. The molecule has 6 heterocycles. The third kappa shape index (κ3) is 4.64. The zero-order valence-corrected chi connectivity index (χ0v) is 21.7. The first-order chi connectivity index (χ1) is 19.4. The largest absolute Gasteiger partial charge is 0.469 e. The van der Waals surface area contributed by atoms with Crippen molar-refractivity contribution in [2.75, 3.05) is 18.1 Å².